The van der Waals surface area contributed by atoms with Crippen LogP contribution in [0.25, 0.3) is 0 Å². The summed E-state index contributed by atoms with van der Waals surface area (Å²) in [6, 6.07) is 10.3. The third kappa shape index (κ3) is 4.10. The molecule has 1 fully saturated rings. The summed E-state index contributed by atoms with van der Waals surface area (Å²) < 4.78 is 1.35. The largest absolute Gasteiger partial charge is 0.349 e. The number of nitrogens with zero attached hydrogens (tertiary/aromatic N) is 1. The average molecular weight is 325 g/mol. The fraction of sp³-hybridized carbons (Fsp3) is 0.278. The zero-order valence-corrected chi connectivity index (χ0v) is 13.4. The minimum absolute atomic E-state index is 0.0525. The molecule has 2 amide bonds. The summed E-state index contributed by atoms with van der Waals surface area (Å²) >= 11 is 0. The van der Waals surface area contributed by atoms with Gasteiger partial charge in [0, 0.05) is 29.6 Å². The Balaban J connectivity index is 1.59. The van der Waals surface area contributed by atoms with Crippen LogP contribution >= 0.6 is 0 Å². The number of benzene rings is 1. The predicted octanol–water partition coefficient (Wildman–Crippen LogP) is 1.69. The second-order valence-electron chi connectivity index (χ2n) is 6.04. The van der Waals surface area contributed by atoms with Gasteiger partial charge in [-0.15, -0.1) is 0 Å². The van der Waals surface area contributed by atoms with Gasteiger partial charge in [-0.3, -0.25) is 14.4 Å². The summed E-state index contributed by atoms with van der Waals surface area (Å²) in [5.41, 5.74) is 1.80. The van der Waals surface area contributed by atoms with Crippen LogP contribution in [-0.4, -0.2) is 22.4 Å². The molecular weight excluding hydrogens is 306 g/mol. The predicted molar refractivity (Wildman–Crippen MR) is 91.0 cm³/mol. The van der Waals surface area contributed by atoms with Crippen LogP contribution in [-0.2, 0) is 11.3 Å². The molecule has 2 aromatic rings. The molecular formula is C18H19N3O3. The van der Waals surface area contributed by atoms with Gasteiger partial charge < -0.3 is 15.2 Å². The second-order valence-corrected chi connectivity index (χ2v) is 6.04. The molecule has 6 heteroatoms. The first-order chi connectivity index (χ1) is 11.5. The van der Waals surface area contributed by atoms with Crippen LogP contribution in [0.1, 0.15) is 28.8 Å². The van der Waals surface area contributed by atoms with Crippen LogP contribution < -0.4 is 16.2 Å². The van der Waals surface area contributed by atoms with Crippen LogP contribution in [0.4, 0.5) is 5.69 Å². The standard InChI is InChI=1S/C18H19N3O3/c1-12-8-9-21(17(23)10-12)11-16(22)19-14-4-2-13(3-5-14)18(24)20-15-6-7-15/h2-5,8-10,15H,6-7,11H2,1H3,(H,19,22)(H,20,24). The molecule has 24 heavy (non-hydrogen) atoms. The normalized spacial score (nSPS) is 13.4. The lowest BCUT2D eigenvalue weighted by atomic mass is 10.2. The Bertz CT molecular complexity index is 820. The zero-order chi connectivity index (χ0) is 17.1. The van der Waals surface area contributed by atoms with Crippen LogP contribution in [0, 0.1) is 6.92 Å². The molecule has 0 atom stereocenters. The molecule has 0 radical (unpaired) electrons. The number of rotatable bonds is 5. The van der Waals surface area contributed by atoms with Gasteiger partial charge in [0.15, 0.2) is 0 Å². The minimum Gasteiger partial charge on any atom is -0.349 e. The Kier molecular flexibility index (Phi) is 4.46. The molecule has 124 valence electrons. The van der Waals surface area contributed by atoms with Crippen LogP contribution in [0.3, 0.4) is 0 Å². The lowest BCUT2D eigenvalue weighted by Crippen LogP contribution is -2.27. The SMILES string of the molecule is Cc1ccn(CC(=O)Nc2ccc(C(=O)NC3CC3)cc2)c(=O)c1. The number of pyridine rings is 1. The van der Waals surface area contributed by atoms with Gasteiger partial charge in [0.2, 0.25) is 5.91 Å². The first kappa shape index (κ1) is 16.0. The number of hydrogen-bond donors (Lipinski definition) is 2. The average Bonchev–Trinajstić information content (AvgIpc) is 3.35. The number of aromatic nitrogens is 1. The van der Waals surface area contributed by atoms with Crippen molar-refractivity contribution < 1.29 is 9.59 Å². The maximum atomic E-state index is 12.0. The summed E-state index contributed by atoms with van der Waals surface area (Å²) in [4.78, 5) is 35.7. The van der Waals surface area contributed by atoms with Crippen LogP contribution in [0.5, 0.6) is 0 Å². The van der Waals surface area contributed by atoms with E-state index in [9.17, 15) is 14.4 Å². The topological polar surface area (TPSA) is 80.2 Å². The Hall–Kier alpha value is -2.89. The van der Waals surface area contributed by atoms with Crippen molar-refractivity contribution in [2.75, 3.05) is 5.32 Å². The van der Waals surface area contributed by atoms with E-state index in [1.54, 1.807) is 36.5 Å². The van der Waals surface area contributed by atoms with Crippen molar-refractivity contribution in [3.05, 3.63) is 64.1 Å². The van der Waals surface area contributed by atoms with Crippen molar-refractivity contribution in [2.24, 2.45) is 0 Å². The van der Waals surface area contributed by atoms with E-state index in [0.717, 1.165) is 18.4 Å². The maximum Gasteiger partial charge on any atom is 0.251 e. The Morgan fingerprint density at radius 2 is 1.88 bits per heavy atom. The summed E-state index contributed by atoms with van der Waals surface area (Å²) in [7, 11) is 0. The Morgan fingerprint density at radius 3 is 2.50 bits per heavy atom. The summed E-state index contributed by atoms with van der Waals surface area (Å²) in [6.45, 7) is 1.77. The maximum absolute atomic E-state index is 12.0. The van der Waals surface area contributed by atoms with Gasteiger partial charge >= 0.3 is 0 Å². The third-order valence-corrected chi connectivity index (χ3v) is 3.81. The summed E-state index contributed by atoms with van der Waals surface area (Å²) in [5, 5.41) is 5.63. The third-order valence-electron chi connectivity index (χ3n) is 3.81. The van der Waals surface area contributed by atoms with Gasteiger partial charge in [-0.25, -0.2) is 0 Å². The highest BCUT2D eigenvalue weighted by atomic mass is 16.2. The number of hydrogen-bond acceptors (Lipinski definition) is 3. The van der Waals surface area contributed by atoms with Crippen LogP contribution in [0.2, 0.25) is 0 Å². The number of amides is 2. The molecule has 0 unspecified atom stereocenters. The lowest BCUT2D eigenvalue weighted by molar-refractivity contribution is -0.116. The number of anilines is 1. The molecule has 1 heterocycles. The van der Waals surface area contributed by atoms with Crippen molar-refractivity contribution in [3.63, 3.8) is 0 Å². The van der Waals surface area contributed by atoms with Crippen LogP contribution in [0.15, 0.2) is 47.4 Å². The number of carbonyl (C=O) groups excluding carboxylic acids is 2. The molecule has 1 saturated carbocycles. The van der Waals surface area contributed by atoms with E-state index in [1.165, 1.54) is 10.6 Å². The molecule has 1 aliphatic carbocycles. The van der Waals surface area contributed by atoms with E-state index in [2.05, 4.69) is 10.6 Å². The molecule has 1 aromatic carbocycles. The van der Waals surface area contributed by atoms with E-state index in [1.807, 2.05) is 6.92 Å². The van der Waals surface area contributed by atoms with Crippen molar-refractivity contribution in [1.29, 1.82) is 0 Å². The van der Waals surface area contributed by atoms with Crippen molar-refractivity contribution in [1.82, 2.24) is 9.88 Å². The lowest BCUT2D eigenvalue weighted by Gasteiger charge is -2.08. The monoisotopic (exact) mass is 325 g/mol. The van der Waals surface area contributed by atoms with E-state index >= 15 is 0 Å². The fourth-order valence-corrected chi connectivity index (χ4v) is 2.29. The van der Waals surface area contributed by atoms with Gasteiger partial charge in [-0.1, -0.05) is 0 Å². The molecule has 0 aliphatic heterocycles. The number of aryl methyl sites for hydroxylation is 1. The van der Waals surface area contributed by atoms with E-state index in [-0.39, 0.29) is 23.9 Å². The Morgan fingerprint density at radius 1 is 1.17 bits per heavy atom. The van der Waals surface area contributed by atoms with Gasteiger partial charge in [-0.05, 0) is 55.7 Å². The first-order valence-corrected chi connectivity index (χ1v) is 7.89. The van der Waals surface area contributed by atoms with E-state index in [4.69, 9.17) is 0 Å². The Labute approximate surface area is 139 Å². The minimum atomic E-state index is -0.295. The summed E-state index contributed by atoms with van der Waals surface area (Å²) in [6.07, 6.45) is 3.68. The second kappa shape index (κ2) is 6.70. The smallest absolute Gasteiger partial charge is 0.251 e. The molecule has 0 saturated heterocycles. The molecule has 1 aromatic heterocycles. The highest BCUT2D eigenvalue weighted by Crippen LogP contribution is 2.19. The molecule has 0 spiro atoms. The quantitative estimate of drug-likeness (QED) is 0.878. The van der Waals surface area contributed by atoms with Gasteiger partial charge in [0.25, 0.3) is 11.5 Å². The summed E-state index contributed by atoms with van der Waals surface area (Å²) in [5.74, 6) is -0.391. The highest BCUT2D eigenvalue weighted by Gasteiger charge is 2.23. The van der Waals surface area contributed by atoms with Gasteiger partial charge in [0.05, 0.1) is 0 Å². The highest BCUT2D eigenvalue weighted by molar-refractivity contribution is 5.96. The fourth-order valence-electron chi connectivity index (χ4n) is 2.29. The van der Waals surface area contributed by atoms with E-state index < -0.39 is 0 Å². The molecule has 3 rings (SSSR count). The number of nitrogens with one attached hydrogen (secondary N) is 2. The zero-order valence-electron chi connectivity index (χ0n) is 13.4. The molecule has 1 aliphatic rings. The molecule has 6 nitrogen and oxygen atoms in total. The van der Waals surface area contributed by atoms with Crippen molar-refractivity contribution >= 4 is 17.5 Å². The number of carbonyl (C=O) groups is 2. The van der Waals surface area contributed by atoms with Crippen molar-refractivity contribution in [3.8, 4) is 0 Å². The van der Waals surface area contributed by atoms with Gasteiger partial charge in [0.1, 0.15) is 6.54 Å². The molecule has 2 N–H and O–H groups in total. The molecule has 0 bridgehead atoms. The van der Waals surface area contributed by atoms with Crippen molar-refractivity contribution in [2.45, 2.75) is 32.4 Å². The van der Waals surface area contributed by atoms with E-state index in [0.29, 0.717) is 17.3 Å². The first-order valence-electron chi connectivity index (χ1n) is 7.89. The van der Waals surface area contributed by atoms with Gasteiger partial charge in [-0.2, -0.15) is 0 Å².